The van der Waals surface area contributed by atoms with Crippen molar-refractivity contribution in [3.63, 3.8) is 0 Å². The molecular formula is C31H40F4N6O4. The average molecular weight is 637 g/mol. The first-order valence-electron chi connectivity index (χ1n) is 15.3. The standard InChI is InChI=1S/C24H28F4N6O4.C7H12/c1-13(2)34-18(6-7-31-34)23(38)29-11-20(35)32-17-10-19(33-8-4-5-21(33)36)15(9-16(17)25)14(3)22(37)30-12-24(26,27)28;1-2-6(1)5-7-3-4-7/h6-7,9-10,13-14H,4-5,8,11-12H2,1-3H3,(H,29,38)(H,30,37)(H,32,35);6-7H,1-5H2. The molecule has 3 fully saturated rings. The molecule has 1 aliphatic heterocycles. The molecule has 1 unspecified atom stereocenters. The monoisotopic (exact) mass is 636 g/mol. The Balaban J connectivity index is 0.000000569. The molecule has 2 saturated carbocycles. The van der Waals surface area contributed by atoms with Crippen molar-refractivity contribution in [1.29, 1.82) is 0 Å². The van der Waals surface area contributed by atoms with Gasteiger partial charge in [0.25, 0.3) is 5.91 Å². The quantitative estimate of drug-likeness (QED) is 0.297. The molecule has 4 amide bonds. The number of hydrogen-bond donors (Lipinski definition) is 3. The summed E-state index contributed by atoms with van der Waals surface area (Å²) in [6.07, 6.45) is 5.29. The fourth-order valence-electron chi connectivity index (χ4n) is 5.17. The van der Waals surface area contributed by atoms with Crippen LogP contribution in [-0.4, -0.2) is 59.2 Å². The van der Waals surface area contributed by atoms with Crippen molar-refractivity contribution in [2.24, 2.45) is 11.8 Å². The van der Waals surface area contributed by atoms with Crippen molar-refractivity contribution in [1.82, 2.24) is 20.4 Å². The van der Waals surface area contributed by atoms with E-state index in [1.165, 1.54) is 40.6 Å². The van der Waals surface area contributed by atoms with Gasteiger partial charge in [0.1, 0.15) is 18.1 Å². The van der Waals surface area contributed by atoms with Gasteiger partial charge in [-0.2, -0.15) is 18.3 Å². The van der Waals surface area contributed by atoms with Crippen LogP contribution in [0.25, 0.3) is 0 Å². The van der Waals surface area contributed by atoms with Crippen LogP contribution in [0, 0.1) is 17.7 Å². The molecule has 3 N–H and O–H groups in total. The molecule has 0 spiro atoms. The van der Waals surface area contributed by atoms with Crippen molar-refractivity contribution in [2.45, 2.75) is 83.9 Å². The first-order chi connectivity index (χ1) is 21.2. The van der Waals surface area contributed by atoms with Gasteiger partial charge in [0.15, 0.2) is 0 Å². The zero-order valence-corrected chi connectivity index (χ0v) is 25.7. The first kappa shape index (κ1) is 33.9. The van der Waals surface area contributed by atoms with E-state index >= 15 is 4.39 Å². The summed E-state index contributed by atoms with van der Waals surface area (Å²) in [5, 5.41) is 10.6. The molecule has 14 heteroatoms. The Morgan fingerprint density at radius 3 is 2.27 bits per heavy atom. The second kappa shape index (κ2) is 14.4. The molecular weight excluding hydrogens is 596 g/mol. The second-order valence-corrected chi connectivity index (χ2v) is 12.2. The maximum absolute atomic E-state index is 15.0. The largest absolute Gasteiger partial charge is 0.405 e. The number of alkyl halides is 3. The highest BCUT2D eigenvalue weighted by atomic mass is 19.4. The van der Waals surface area contributed by atoms with Gasteiger partial charge >= 0.3 is 6.18 Å². The van der Waals surface area contributed by atoms with E-state index in [4.69, 9.17) is 0 Å². The van der Waals surface area contributed by atoms with E-state index in [9.17, 15) is 32.3 Å². The molecule has 246 valence electrons. The molecule has 1 saturated heterocycles. The summed E-state index contributed by atoms with van der Waals surface area (Å²) in [6, 6.07) is 3.46. The van der Waals surface area contributed by atoms with Gasteiger partial charge in [-0.3, -0.25) is 23.9 Å². The van der Waals surface area contributed by atoms with Crippen molar-refractivity contribution < 1.29 is 36.7 Å². The summed E-state index contributed by atoms with van der Waals surface area (Å²) in [5.41, 5.74) is 0.00294. The Kier molecular flexibility index (Phi) is 10.9. The molecule has 0 bridgehead atoms. The van der Waals surface area contributed by atoms with Crippen LogP contribution in [0.4, 0.5) is 28.9 Å². The molecule has 0 radical (unpaired) electrons. The van der Waals surface area contributed by atoms with Crippen LogP contribution >= 0.6 is 0 Å². The van der Waals surface area contributed by atoms with E-state index in [1.54, 1.807) is 37.4 Å². The Bertz CT molecular complexity index is 1390. The summed E-state index contributed by atoms with van der Waals surface area (Å²) in [6.45, 7) is 3.13. The molecule has 2 aromatic rings. The molecule has 1 atom stereocenters. The number of halogens is 4. The smallest absolute Gasteiger partial charge is 0.346 e. The third-order valence-corrected chi connectivity index (χ3v) is 7.94. The fraction of sp³-hybridized carbons (Fsp3) is 0.581. The summed E-state index contributed by atoms with van der Waals surface area (Å²) in [7, 11) is 0. The highest BCUT2D eigenvalue weighted by molar-refractivity contribution is 6.01. The van der Waals surface area contributed by atoms with Gasteiger partial charge < -0.3 is 20.9 Å². The maximum Gasteiger partial charge on any atom is 0.405 e. The molecule has 10 nitrogen and oxygen atoms in total. The Hall–Kier alpha value is -3.97. The normalized spacial score (nSPS) is 17.1. The lowest BCUT2D eigenvalue weighted by Crippen LogP contribution is -2.37. The van der Waals surface area contributed by atoms with Crippen molar-refractivity contribution in [2.75, 3.05) is 29.9 Å². The zero-order valence-electron chi connectivity index (χ0n) is 25.7. The number of benzene rings is 1. The minimum absolute atomic E-state index is 0.00864. The molecule has 2 heterocycles. The average Bonchev–Trinajstić information content (AvgIpc) is 3.89. The van der Waals surface area contributed by atoms with Gasteiger partial charge in [-0.05, 0) is 69.2 Å². The molecule has 1 aromatic heterocycles. The molecule has 45 heavy (non-hydrogen) atoms. The molecule has 2 aliphatic carbocycles. The Morgan fingerprint density at radius 2 is 1.71 bits per heavy atom. The lowest BCUT2D eigenvalue weighted by molar-refractivity contribution is -0.139. The van der Waals surface area contributed by atoms with E-state index in [0.717, 1.165) is 12.1 Å². The topological polar surface area (TPSA) is 125 Å². The third kappa shape index (κ3) is 9.76. The van der Waals surface area contributed by atoms with E-state index in [2.05, 4.69) is 15.7 Å². The summed E-state index contributed by atoms with van der Waals surface area (Å²) < 4.78 is 54.1. The Morgan fingerprint density at radius 1 is 1.04 bits per heavy atom. The van der Waals surface area contributed by atoms with Crippen LogP contribution in [0.3, 0.4) is 0 Å². The number of nitrogens with one attached hydrogen (secondary N) is 3. The molecule has 1 aromatic carbocycles. The number of carbonyl (C=O) groups is 4. The zero-order chi connectivity index (χ0) is 32.9. The van der Waals surface area contributed by atoms with Crippen molar-refractivity contribution in [3.05, 3.63) is 41.5 Å². The van der Waals surface area contributed by atoms with Crippen molar-refractivity contribution in [3.8, 4) is 0 Å². The van der Waals surface area contributed by atoms with E-state index in [-0.39, 0.29) is 47.5 Å². The lowest BCUT2D eigenvalue weighted by atomic mass is 9.96. The summed E-state index contributed by atoms with van der Waals surface area (Å²) >= 11 is 0. The number of aromatic nitrogens is 2. The van der Waals surface area contributed by atoms with Crippen LogP contribution in [0.1, 0.15) is 93.7 Å². The number of anilines is 2. The van der Waals surface area contributed by atoms with Gasteiger partial charge in [0.05, 0.1) is 18.2 Å². The van der Waals surface area contributed by atoms with Crippen molar-refractivity contribution >= 4 is 35.0 Å². The van der Waals surface area contributed by atoms with Crippen LogP contribution < -0.4 is 20.9 Å². The Labute approximate surface area is 259 Å². The fourth-order valence-corrected chi connectivity index (χ4v) is 5.17. The third-order valence-electron chi connectivity index (χ3n) is 7.94. The highest BCUT2D eigenvalue weighted by Gasteiger charge is 2.33. The van der Waals surface area contributed by atoms with E-state index < -0.39 is 48.7 Å². The molecule has 3 aliphatic rings. The minimum atomic E-state index is -4.63. The number of hydrogen-bond acceptors (Lipinski definition) is 5. The maximum atomic E-state index is 15.0. The number of rotatable bonds is 11. The summed E-state index contributed by atoms with van der Waals surface area (Å²) in [4.78, 5) is 51.0. The first-order valence-corrected chi connectivity index (χ1v) is 15.3. The van der Waals surface area contributed by atoms with Gasteiger partial charge in [-0.1, -0.05) is 25.7 Å². The SMILES string of the molecule is C1CC1CC1CC1.CC(C(=O)NCC(F)(F)F)c1cc(F)c(NC(=O)CNC(=O)c2ccnn2C(C)C)cc1N1CCCC1=O. The number of nitrogens with zero attached hydrogens (tertiary/aromatic N) is 3. The van der Waals surface area contributed by atoms with Crippen LogP contribution in [0.5, 0.6) is 0 Å². The van der Waals surface area contributed by atoms with Crippen LogP contribution in [0.2, 0.25) is 0 Å². The number of amides is 4. The lowest BCUT2D eigenvalue weighted by Gasteiger charge is -2.24. The van der Waals surface area contributed by atoms with Gasteiger partial charge in [-0.25, -0.2) is 4.39 Å². The predicted molar refractivity (Wildman–Crippen MR) is 159 cm³/mol. The summed E-state index contributed by atoms with van der Waals surface area (Å²) in [5.74, 6) is -2.48. The molecule has 5 rings (SSSR count). The van der Waals surface area contributed by atoms with E-state index in [0.29, 0.717) is 6.42 Å². The highest BCUT2D eigenvalue weighted by Crippen LogP contribution is 2.44. The van der Waals surface area contributed by atoms with Crippen LogP contribution in [-0.2, 0) is 14.4 Å². The van der Waals surface area contributed by atoms with Gasteiger partial charge in [0.2, 0.25) is 17.7 Å². The van der Waals surface area contributed by atoms with Gasteiger partial charge in [-0.15, -0.1) is 0 Å². The second-order valence-electron chi connectivity index (χ2n) is 12.2. The van der Waals surface area contributed by atoms with Gasteiger partial charge in [0, 0.05) is 30.9 Å². The van der Waals surface area contributed by atoms with E-state index in [1.807, 2.05) is 13.8 Å². The predicted octanol–water partition coefficient (Wildman–Crippen LogP) is 5.08. The minimum Gasteiger partial charge on any atom is -0.346 e. The number of carbonyl (C=O) groups excluding carboxylic acids is 4. The van der Waals surface area contributed by atoms with Crippen LogP contribution in [0.15, 0.2) is 24.4 Å².